The average Bonchev–Trinajstić information content (AvgIpc) is 2.89. The standard InChI is InChI=1S/C27H34FN3O3/c1-19-21(9-6-10-24(19)28)25-22(26(32)20-7-4-3-5-8-20)17-30(15-16-34-2)18-23(25)27(33)31-13-11-29-12-14-31/h3-10,22-23,25,29H,11-18H2,1-2H3/t22-,23+,25+/m0/s1. The number of carbonyl (C=O) groups excluding carboxylic acids is 2. The van der Waals surface area contributed by atoms with Crippen molar-refractivity contribution in [3.05, 3.63) is 71.0 Å². The highest BCUT2D eigenvalue weighted by molar-refractivity contribution is 5.99. The van der Waals surface area contributed by atoms with E-state index < -0.39 is 17.8 Å². The first-order valence-electron chi connectivity index (χ1n) is 12.1. The fraction of sp³-hybridized carbons (Fsp3) is 0.481. The van der Waals surface area contributed by atoms with Crippen LogP contribution in [-0.2, 0) is 9.53 Å². The van der Waals surface area contributed by atoms with Gasteiger partial charge < -0.3 is 15.0 Å². The number of ether oxygens (including phenoxy) is 1. The molecule has 2 aromatic rings. The summed E-state index contributed by atoms with van der Waals surface area (Å²) < 4.78 is 20.0. The van der Waals surface area contributed by atoms with Gasteiger partial charge in [0.15, 0.2) is 5.78 Å². The normalized spacial score (nSPS) is 23.6. The number of hydrogen-bond acceptors (Lipinski definition) is 5. The van der Waals surface area contributed by atoms with E-state index >= 15 is 0 Å². The summed E-state index contributed by atoms with van der Waals surface area (Å²) in [6.45, 7) is 6.70. The molecular formula is C27H34FN3O3. The third-order valence-corrected chi connectivity index (χ3v) is 7.20. The number of methoxy groups -OCH3 is 1. The number of halogens is 1. The van der Waals surface area contributed by atoms with Gasteiger partial charge in [-0.1, -0.05) is 42.5 Å². The molecule has 0 spiro atoms. The largest absolute Gasteiger partial charge is 0.383 e. The van der Waals surface area contributed by atoms with Crippen molar-refractivity contribution >= 4 is 11.7 Å². The Balaban J connectivity index is 1.78. The molecule has 1 N–H and O–H groups in total. The maximum absolute atomic E-state index is 14.7. The Bertz CT molecular complexity index is 994. The smallest absolute Gasteiger partial charge is 0.227 e. The molecule has 7 heteroatoms. The molecule has 1 amide bonds. The Morgan fingerprint density at radius 1 is 1.03 bits per heavy atom. The number of Topliss-reactive ketones (excluding diaryl/α,β-unsaturated/α-hetero) is 1. The van der Waals surface area contributed by atoms with Crippen LogP contribution in [-0.4, -0.2) is 81.0 Å². The Labute approximate surface area is 201 Å². The fourth-order valence-corrected chi connectivity index (χ4v) is 5.37. The van der Waals surface area contributed by atoms with E-state index in [1.54, 1.807) is 20.1 Å². The van der Waals surface area contributed by atoms with Gasteiger partial charge in [0.1, 0.15) is 5.82 Å². The summed E-state index contributed by atoms with van der Waals surface area (Å²) in [4.78, 5) is 31.8. The maximum atomic E-state index is 14.7. The molecular weight excluding hydrogens is 433 g/mol. The summed E-state index contributed by atoms with van der Waals surface area (Å²) in [5, 5.41) is 3.29. The first kappa shape index (κ1) is 24.5. The molecule has 2 aliphatic rings. The molecule has 0 saturated carbocycles. The van der Waals surface area contributed by atoms with Crippen molar-refractivity contribution in [3.8, 4) is 0 Å². The van der Waals surface area contributed by atoms with Gasteiger partial charge in [-0.25, -0.2) is 4.39 Å². The minimum atomic E-state index is -0.467. The predicted octanol–water partition coefficient (Wildman–Crippen LogP) is 2.73. The van der Waals surface area contributed by atoms with Crippen molar-refractivity contribution in [2.45, 2.75) is 12.8 Å². The van der Waals surface area contributed by atoms with E-state index in [9.17, 15) is 14.0 Å². The van der Waals surface area contributed by atoms with Gasteiger partial charge in [0.05, 0.1) is 12.5 Å². The van der Waals surface area contributed by atoms with Gasteiger partial charge in [-0.15, -0.1) is 0 Å². The van der Waals surface area contributed by atoms with Crippen LogP contribution in [0.4, 0.5) is 4.39 Å². The SMILES string of the molecule is COCCN1C[C@H](C(=O)c2ccccc2)[C@@H](c2cccc(F)c2C)[C@H](C(=O)N2CCNCC2)C1. The van der Waals surface area contributed by atoms with Gasteiger partial charge in [-0.05, 0) is 24.1 Å². The summed E-state index contributed by atoms with van der Waals surface area (Å²) >= 11 is 0. The summed E-state index contributed by atoms with van der Waals surface area (Å²) in [5.74, 6) is -1.58. The summed E-state index contributed by atoms with van der Waals surface area (Å²) in [5.41, 5.74) is 1.89. The van der Waals surface area contributed by atoms with E-state index in [4.69, 9.17) is 4.74 Å². The topological polar surface area (TPSA) is 61.9 Å². The maximum Gasteiger partial charge on any atom is 0.227 e. The highest BCUT2D eigenvalue weighted by Crippen LogP contribution is 2.41. The van der Waals surface area contributed by atoms with Crippen LogP contribution in [0.1, 0.15) is 27.4 Å². The van der Waals surface area contributed by atoms with Gasteiger partial charge in [0.25, 0.3) is 0 Å². The third kappa shape index (κ3) is 5.22. The van der Waals surface area contributed by atoms with Crippen molar-refractivity contribution in [1.29, 1.82) is 0 Å². The molecule has 2 aromatic carbocycles. The molecule has 2 heterocycles. The average molecular weight is 468 g/mol. The number of rotatable bonds is 7. The molecule has 0 aliphatic carbocycles. The van der Waals surface area contributed by atoms with E-state index in [2.05, 4.69) is 10.2 Å². The predicted molar refractivity (Wildman–Crippen MR) is 129 cm³/mol. The van der Waals surface area contributed by atoms with Crippen LogP contribution in [0.15, 0.2) is 48.5 Å². The quantitative estimate of drug-likeness (QED) is 0.635. The Hall–Kier alpha value is -2.61. The number of benzene rings is 2. The zero-order chi connectivity index (χ0) is 24.1. The van der Waals surface area contributed by atoms with Crippen molar-refractivity contribution in [2.24, 2.45) is 11.8 Å². The molecule has 0 bridgehead atoms. The molecule has 182 valence electrons. The number of piperazine rings is 1. The Kier molecular flexibility index (Phi) is 8.08. The molecule has 2 fully saturated rings. The molecule has 2 aliphatic heterocycles. The van der Waals surface area contributed by atoms with Crippen LogP contribution >= 0.6 is 0 Å². The lowest BCUT2D eigenvalue weighted by Crippen LogP contribution is -2.56. The number of likely N-dealkylation sites (tertiary alicyclic amines) is 1. The molecule has 3 atom stereocenters. The fourth-order valence-electron chi connectivity index (χ4n) is 5.37. The lowest BCUT2D eigenvalue weighted by molar-refractivity contribution is -0.139. The Morgan fingerprint density at radius 3 is 2.44 bits per heavy atom. The van der Waals surface area contributed by atoms with Gasteiger partial charge in [0, 0.05) is 70.3 Å². The minimum absolute atomic E-state index is 0.00510. The van der Waals surface area contributed by atoms with Gasteiger partial charge >= 0.3 is 0 Å². The number of hydrogen-bond donors (Lipinski definition) is 1. The van der Waals surface area contributed by atoms with Crippen LogP contribution in [0, 0.1) is 24.6 Å². The number of ketones is 1. The molecule has 6 nitrogen and oxygen atoms in total. The zero-order valence-electron chi connectivity index (χ0n) is 20.0. The van der Waals surface area contributed by atoms with Crippen LogP contribution in [0.5, 0.6) is 0 Å². The summed E-state index contributed by atoms with van der Waals surface area (Å²) in [7, 11) is 1.65. The monoisotopic (exact) mass is 467 g/mol. The summed E-state index contributed by atoms with van der Waals surface area (Å²) in [6.07, 6.45) is 0. The molecule has 34 heavy (non-hydrogen) atoms. The second-order valence-corrected chi connectivity index (χ2v) is 9.25. The van der Waals surface area contributed by atoms with E-state index in [1.807, 2.05) is 41.3 Å². The van der Waals surface area contributed by atoms with Crippen LogP contribution in [0.25, 0.3) is 0 Å². The molecule has 0 aromatic heterocycles. The van der Waals surface area contributed by atoms with E-state index in [0.717, 1.165) is 18.7 Å². The third-order valence-electron chi connectivity index (χ3n) is 7.20. The molecule has 4 rings (SSSR count). The van der Waals surface area contributed by atoms with Crippen molar-refractivity contribution in [3.63, 3.8) is 0 Å². The first-order chi connectivity index (χ1) is 16.5. The van der Waals surface area contributed by atoms with Crippen LogP contribution in [0.3, 0.4) is 0 Å². The molecule has 0 radical (unpaired) electrons. The van der Waals surface area contributed by atoms with Gasteiger partial charge in [-0.3, -0.25) is 14.5 Å². The molecule has 2 saturated heterocycles. The highest BCUT2D eigenvalue weighted by atomic mass is 19.1. The number of carbonyl (C=O) groups is 2. The van der Waals surface area contributed by atoms with Gasteiger partial charge in [-0.2, -0.15) is 0 Å². The lowest BCUT2D eigenvalue weighted by Gasteiger charge is -2.45. The number of piperidine rings is 1. The van der Waals surface area contributed by atoms with Crippen LogP contribution < -0.4 is 5.32 Å². The van der Waals surface area contributed by atoms with E-state index in [1.165, 1.54) is 6.07 Å². The zero-order valence-corrected chi connectivity index (χ0v) is 20.0. The van der Waals surface area contributed by atoms with E-state index in [-0.39, 0.29) is 17.5 Å². The second-order valence-electron chi connectivity index (χ2n) is 9.25. The van der Waals surface area contributed by atoms with Crippen molar-refractivity contribution < 1.29 is 18.7 Å². The highest BCUT2D eigenvalue weighted by Gasteiger charge is 2.46. The van der Waals surface area contributed by atoms with E-state index in [0.29, 0.717) is 50.5 Å². The number of nitrogens with one attached hydrogen (secondary N) is 1. The number of nitrogens with zero attached hydrogens (tertiary/aromatic N) is 2. The second kappa shape index (κ2) is 11.2. The van der Waals surface area contributed by atoms with Crippen molar-refractivity contribution in [1.82, 2.24) is 15.1 Å². The minimum Gasteiger partial charge on any atom is -0.383 e. The molecule has 0 unspecified atom stereocenters. The first-order valence-corrected chi connectivity index (χ1v) is 12.1. The lowest BCUT2D eigenvalue weighted by atomic mass is 9.69. The van der Waals surface area contributed by atoms with Crippen LogP contribution in [0.2, 0.25) is 0 Å². The van der Waals surface area contributed by atoms with Gasteiger partial charge in [0.2, 0.25) is 5.91 Å². The summed E-state index contributed by atoms with van der Waals surface area (Å²) in [6, 6.07) is 14.2. The van der Waals surface area contributed by atoms with Crippen molar-refractivity contribution in [2.75, 3.05) is 59.5 Å². The Morgan fingerprint density at radius 2 is 1.74 bits per heavy atom. The number of amides is 1.